The molecule has 5 rings (SSSR count). The van der Waals surface area contributed by atoms with Crippen LogP contribution in [-0.2, 0) is 0 Å². The smallest absolute Gasteiger partial charge is 0.119 e. The molecule has 1 unspecified atom stereocenters. The van der Waals surface area contributed by atoms with Gasteiger partial charge >= 0.3 is 0 Å². The highest BCUT2D eigenvalue weighted by Crippen LogP contribution is 2.40. The summed E-state index contributed by atoms with van der Waals surface area (Å²) in [5, 5.41) is 2.23. The molecular formula is C16H10N4. The van der Waals surface area contributed by atoms with Crippen LogP contribution in [0.4, 0.5) is 0 Å². The van der Waals surface area contributed by atoms with Gasteiger partial charge in [0.15, 0.2) is 0 Å². The quantitative estimate of drug-likeness (QED) is 0.610. The van der Waals surface area contributed by atoms with Crippen molar-refractivity contribution < 1.29 is 0 Å². The van der Waals surface area contributed by atoms with E-state index in [-0.39, 0.29) is 6.04 Å². The van der Waals surface area contributed by atoms with Crippen LogP contribution in [0, 0.1) is 0 Å². The van der Waals surface area contributed by atoms with E-state index in [0.717, 1.165) is 22.3 Å². The van der Waals surface area contributed by atoms with E-state index >= 15 is 0 Å². The van der Waals surface area contributed by atoms with Crippen molar-refractivity contribution in [3.05, 3.63) is 71.3 Å². The second-order valence-corrected chi connectivity index (χ2v) is 5.02. The van der Waals surface area contributed by atoms with Crippen LogP contribution in [0.5, 0.6) is 0 Å². The predicted molar refractivity (Wildman–Crippen MR) is 74.2 cm³/mol. The van der Waals surface area contributed by atoms with Crippen molar-refractivity contribution in [1.29, 1.82) is 0 Å². The van der Waals surface area contributed by atoms with Gasteiger partial charge in [0, 0.05) is 17.0 Å². The first-order valence-electron chi connectivity index (χ1n) is 6.58. The summed E-state index contributed by atoms with van der Waals surface area (Å²) in [6.45, 7) is 0. The minimum Gasteiger partial charge on any atom is -0.298 e. The SMILES string of the molecule is c1cnc2c(c1)C1N=c3ccccc3=C1n1cncc1-2. The fraction of sp³-hybridized carbons (Fsp3) is 0.0625. The zero-order valence-electron chi connectivity index (χ0n) is 10.6. The highest BCUT2D eigenvalue weighted by molar-refractivity contribution is 5.75. The first kappa shape index (κ1) is 10.1. The summed E-state index contributed by atoms with van der Waals surface area (Å²) < 4.78 is 2.12. The molecule has 0 bridgehead atoms. The van der Waals surface area contributed by atoms with Gasteiger partial charge in [-0.15, -0.1) is 0 Å². The summed E-state index contributed by atoms with van der Waals surface area (Å²) in [5.74, 6) is 0. The Labute approximate surface area is 114 Å². The van der Waals surface area contributed by atoms with Crippen molar-refractivity contribution in [3.63, 3.8) is 0 Å². The van der Waals surface area contributed by atoms with Gasteiger partial charge in [0.1, 0.15) is 6.04 Å². The van der Waals surface area contributed by atoms with E-state index in [9.17, 15) is 0 Å². The highest BCUT2D eigenvalue weighted by Gasteiger charge is 2.32. The summed E-state index contributed by atoms with van der Waals surface area (Å²) in [6.07, 6.45) is 5.55. The fourth-order valence-electron chi connectivity index (χ4n) is 3.14. The van der Waals surface area contributed by atoms with Crippen LogP contribution >= 0.6 is 0 Å². The van der Waals surface area contributed by atoms with Crippen molar-refractivity contribution in [3.8, 4) is 11.4 Å². The van der Waals surface area contributed by atoms with E-state index < -0.39 is 0 Å². The Morgan fingerprint density at radius 3 is 3.00 bits per heavy atom. The molecule has 4 heterocycles. The Bertz CT molecular complexity index is 968. The van der Waals surface area contributed by atoms with E-state index in [1.54, 1.807) is 0 Å². The van der Waals surface area contributed by atoms with Crippen LogP contribution in [0.1, 0.15) is 11.6 Å². The summed E-state index contributed by atoms with van der Waals surface area (Å²) in [7, 11) is 0. The Morgan fingerprint density at radius 2 is 2.00 bits per heavy atom. The van der Waals surface area contributed by atoms with Gasteiger partial charge in [-0.3, -0.25) is 14.5 Å². The number of para-hydroxylation sites is 1. The zero-order chi connectivity index (χ0) is 13.1. The van der Waals surface area contributed by atoms with Crippen molar-refractivity contribution >= 4 is 5.70 Å². The maximum Gasteiger partial charge on any atom is 0.119 e. The number of aromatic nitrogens is 3. The van der Waals surface area contributed by atoms with Crippen LogP contribution in [0.2, 0.25) is 0 Å². The van der Waals surface area contributed by atoms with Gasteiger partial charge in [0.2, 0.25) is 0 Å². The number of benzene rings is 1. The third-order valence-corrected chi connectivity index (χ3v) is 3.98. The molecule has 2 aromatic heterocycles. The van der Waals surface area contributed by atoms with Crippen LogP contribution in [0.25, 0.3) is 17.1 Å². The van der Waals surface area contributed by atoms with Gasteiger partial charge in [-0.05, 0) is 12.1 Å². The van der Waals surface area contributed by atoms with E-state index in [0.29, 0.717) is 0 Å². The largest absolute Gasteiger partial charge is 0.298 e. The second-order valence-electron chi connectivity index (χ2n) is 5.02. The van der Waals surface area contributed by atoms with Gasteiger partial charge in [-0.2, -0.15) is 0 Å². The average molecular weight is 258 g/mol. The van der Waals surface area contributed by atoms with Crippen molar-refractivity contribution in [1.82, 2.24) is 14.5 Å². The normalized spacial score (nSPS) is 17.8. The van der Waals surface area contributed by atoms with Gasteiger partial charge in [0.05, 0.1) is 35.0 Å². The van der Waals surface area contributed by atoms with Crippen molar-refractivity contribution in [2.24, 2.45) is 4.99 Å². The van der Waals surface area contributed by atoms with Crippen LogP contribution < -0.4 is 10.6 Å². The number of imidazole rings is 1. The fourth-order valence-corrected chi connectivity index (χ4v) is 3.14. The number of fused-ring (bicyclic) bond motifs is 7. The molecular weight excluding hydrogens is 248 g/mol. The van der Waals surface area contributed by atoms with E-state index in [2.05, 4.69) is 38.8 Å². The lowest BCUT2D eigenvalue weighted by Crippen LogP contribution is -2.25. The minimum atomic E-state index is 0.0257. The Kier molecular flexibility index (Phi) is 1.72. The zero-order valence-corrected chi connectivity index (χ0v) is 10.6. The van der Waals surface area contributed by atoms with Crippen LogP contribution in [-0.4, -0.2) is 14.5 Å². The Morgan fingerprint density at radius 1 is 1.05 bits per heavy atom. The summed E-state index contributed by atoms with van der Waals surface area (Å²) >= 11 is 0. The molecule has 94 valence electrons. The molecule has 0 spiro atoms. The minimum absolute atomic E-state index is 0.0257. The molecule has 0 N–H and O–H groups in total. The molecule has 1 aromatic carbocycles. The number of pyridine rings is 1. The molecule has 0 saturated heterocycles. The molecule has 4 heteroatoms. The number of nitrogens with zero attached hydrogens (tertiary/aromatic N) is 4. The van der Waals surface area contributed by atoms with Crippen molar-refractivity contribution in [2.45, 2.75) is 6.04 Å². The molecule has 0 saturated carbocycles. The molecule has 2 aliphatic heterocycles. The summed E-state index contributed by atoms with van der Waals surface area (Å²) in [6, 6.07) is 12.4. The Hall–Kier alpha value is -2.75. The van der Waals surface area contributed by atoms with Gasteiger partial charge in [0.25, 0.3) is 0 Å². The first-order chi connectivity index (χ1) is 9.93. The lowest BCUT2D eigenvalue weighted by Gasteiger charge is -2.24. The molecule has 20 heavy (non-hydrogen) atoms. The molecule has 2 aliphatic rings. The molecule has 0 radical (unpaired) electrons. The van der Waals surface area contributed by atoms with Gasteiger partial charge < -0.3 is 0 Å². The standard InChI is InChI=1S/C16H10N4/c1-2-6-12-10(4-1)16-15(19-12)11-5-3-7-18-14(11)13-8-17-9-20(13)16/h1-9,15H. The number of hydrogen-bond acceptors (Lipinski definition) is 3. The maximum atomic E-state index is 4.87. The average Bonchev–Trinajstić information content (AvgIpc) is 3.11. The molecule has 1 atom stereocenters. The Balaban J connectivity index is 2.01. The maximum absolute atomic E-state index is 4.87. The molecule has 0 amide bonds. The highest BCUT2D eigenvalue weighted by atomic mass is 15.1. The van der Waals surface area contributed by atoms with E-state index in [4.69, 9.17) is 4.99 Å². The third-order valence-electron chi connectivity index (χ3n) is 3.98. The molecule has 0 aliphatic carbocycles. The third kappa shape index (κ3) is 1.09. The lowest BCUT2D eigenvalue weighted by atomic mass is 9.97. The predicted octanol–water partition coefficient (Wildman–Crippen LogP) is 1.29. The first-order valence-corrected chi connectivity index (χ1v) is 6.58. The number of rotatable bonds is 0. The van der Waals surface area contributed by atoms with Gasteiger partial charge in [-0.25, -0.2) is 4.98 Å². The topological polar surface area (TPSA) is 43.1 Å². The van der Waals surface area contributed by atoms with Crippen LogP contribution in [0.15, 0.2) is 60.1 Å². The lowest BCUT2D eigenvalue weighted by molar-refractivity contribution is 0.827. The van der Waals surface area contributed by atoms with E-state index in [1.807, 2.05) is 30.9 Å². The molecule has 3 aromatic rings. The molecule has 0 fully saturated rings. The molecule has 4 nitrogen and oxygen atoms in total. The summed E-state index contributed by atoms with van der Waals surface area (Å²) in [4.78, 5) is 13.7. The number of hydrogen-bond donors (Lipinski definition) is 0. The summed E-state index contributed by atoms with van der Waals surface area (Å²) in [5.41, 5.74) is 4.37. The van der Waals surface area contributed by atoms with Crippen molar-refractivity contribution in [2.75, 3.05) is 0 Å². The van der Waals surface area contributed by atoms with E-state index in [1.165, 1.54) is 10.9 Å². The monoisotopic (exact) mass is 258 g/mol. The van der Waals surface area contributed by atoms with Crippen LogP contribution in [0.3, 0.4) is 0 Å². The second kappa shape index (κ2) is 3.42. The van der Waals surface area contributed by atoms with Gasteiger partial charge in [-0.1, -0.05) is 24.3 Å².